The van der Waals surface area contributed by atoms with Gasteiger partial charge in [-0.05, 0) is 12.1 Å². The van der Waals surface area contributed by atoms with Crippen LogP contribution >= 0.6 is 0 Å². The monoisotopic (exact) mass is 286 g/mol. The Hall–Kier alpha value is -1.58. The molecule has 6 N–H and O–H groups in total. The minimum absolute atomic E-state index is 0.322. The van der Waals surface area contributed by atoms with E-state index in [1.807, 2.05) is 0 Å². The Morgan fingerprint density at radius 2 is 1.65 bits per heavy atom. The number of nitrogens with zero attached hydrogens (tertiary/aromatic N) is 1. The molecule has 8 heteroatoms. The summed E-state index contributed by atoms with van der Waals surface area (Å²) in [5.41, 5.74) is 0.331. The second-order valence-corrected chi connectivity index (χ2v) is 4.24. The van der Waals surface area contributed by atoms with Crippen molar-refractivity contribution in [3.63, 3.8) is 0 Å². The lowest BCUT2D eigenvalue weighted by Gasteiger charge is -2.25. The molecule has 0 saturated carbocycles. The molecule has 0 bridgehead atoms. The van der Waals surface area contributed by atoms with Crippen molar-refractivity contribution in [3.8, 4) is 0 Å². The standard InChI is InChI=1S/C12H18N2O6/c15-6-9(17)11(19)10(18)8(16)5-14-12(20)7-1-3-13-4-2-7/h1-4,8-11,15-19H,5-6H2,(H,14,20)/t8-,9-,10-,11+/m1/s1. The number of aromatic nitrogens is 1. The number of carbonyl (C=O) groups is 1. The summed E-state index contributed by atoms with van der Waals surface area (Å²) in [4.78, 5) is 15.4. The molecule has 112 valence electrons. The second-order valence-electron chi connectivity index (χ2n) is 4.24. The normalized spacial score (nSPS) is 17.1. The van der Waals surface area contributed by atoms with Gasteiger partial charge in [0.05, 0.1) is 12.7 Å². The molecule has 1 heterocycles. The number of hydrogen-bond acceptors (Lipinski definition) is 7. The quantitative estimate of drug-likeness (QED) is 0.319. The fourth-order valence-corrected chi connectivity index (χ4v) is 1.49. The first-order valence-electron chi connectivity index (χ1n) is 5.98. The fraction of sp³-hybridized carbons (Fsp3) is 0.500. The third-order valence-corrected chi connectivity index (χ3v) is 2.74. The van der Waals surface area contributed by atoms with Gasteiger partial charge in [-0.3, -0.25) is 9.78 Å². The Labute approximate surface area is 115 Å². The molecule has 1 amide bonds. The second kappa shape index (κ2) is 7.88. The van der Waals surface area contributed by atoms with Crippen LogP contribution in [0.25, 0.3) is 0 Å². The predicted octanol–water partition coefficient (Wildman–Crippen LogP) is -2.75. The van der Waals surface area contributed by atoms with Crippen molar-refractivity contribution >= 4 is 5.91 Å². The highest BCUT2D eigenvalue weighted by molar-refractivity contribution is 5.93. The lowest BCUT2D eigenvalue weighted by atomic mass is 10.0. The summed E-state index contributed by atoms with van der Waals surface area (Å²) in [7, 11) is 0. The zero-order valence-corrected chi connectivity index (χ0v) is 10.6. The van der Waals surface area contributed by atoms with E-state index in [1.165, 1.54) is 24.5 Å². The van der Waals surface area contributed by atoms with Crippen molar-refractivity contribution in [1.82, 2.24) is 10.3 Å². The number of aliphatic hydroxyl groups excluding tert-OH is 5. The summed E-state index contributed by atoms with van der Waals surface area (Å²) in [6.45, 7) is -1.08. The zero-order chi connectivity index (χ0) is 15.1. The van der Waals surface area contributed by atoms with E-state index in [2.05, 4.69) is 10.3 Å². The van der Waals surface area contributed by atoms with Gasteiger partial charge in [-0.25, -0.2) is 0 Å². The van der Waals surface area contributed by atoms with E-state index in [1.54, 1.807) is 0 Å². The van der Waals surface area contributed by atoms with E-state index in [0.29, 0.717) is 5.56 Å². The largest absolute Gasteiger partial charge is 0.394 e. The van der Waals surface area contributed by atoms with E-state index in [-0.39, 0.29) is 6.54 Å². The molecule has 0 aromatic carbocycles. The van der Waals surface area contributed by atoms with Crippen molar-refractivity contribution in [2.45, 2.75) is 24.4 Å². The molecule has 0 spiro atoms. The molecule has 0 saturated heterocycles. The maximum atomic E-state index is 11.6. The highest BCUT2D eigenvalue weighted by Crippen LogP contribution is 2.05. The molecular weight excluding hydrogens is 268 g/mol. The Kier molecular flexibility index (Phi) is 6.49. The third-order valence-electron chi connectivity index (χ3n) is 2.74. The maximum absolute atomic E-state index is 11.6. The summed E-state index contributed by atoms with van der Waals surface area (Å²) < 4.78 is 0. The third kappa shape index (κ3) is 4.51. The molecule has 1 aromatic heterocycles. The van der Waals surface area contributed by atoms with Crippen LogP contribution in [0.15, 0.2) is 24.5 Å². The number of pyridine rings is 1. The maximum Gasteiger partial charge on any atom is 0.251 e. The van der Waals surface area contributed by atoms with Crippen LogP contribution in [0.4, 0.5) is 0 Å². The molecule has 20 heavy (non-hydrogen) atoms. The summed E-state index contributed by atoms with van der Waals surface area (Å²) in [5.74, 6) is -0.476. The Bertz CT molecular complexity index is 416. The van der Waals surface area contributed by atoms with Crippen molar-refractivity contribution in [2.75, 3.05) is 13.2 Å². The molecule has 0 radical (unpaired) electrons. The van der Waals surface area contributed by atoms with Crippen LogP contribution in [-0.2, 0) is 0 Å². The summed E-state index contributed by atoms with van der Waals surface area (Å²) in [6, 6.07) is 2.95. The summed E-state index contributed by atoms with van der Waals surface area (Å²) in [5, 5.41) is 48.7. The average Bonchev–Trinajstić information content (AvgIpc) is 2.50. The van der Waals surface area contributed by atoms with Gasteiger partial charge < -0.3 is 30.8 Å². The lowest BCUT2D eigenvalue weighted by molar-refractivity contribution is -0.113. The zero-order valence-electron chi connectivity index (χ0n) is 10.6. The van der Waals surface area contributed by atoms with E-state index < -0.39 is 36.9 Å². The smallest absolute Gasteiger partial charge is 0.251 e. The fourth-order valence-electron chi connectivity index (χ4n) is 1.49. The van der Waals surface area contributed by atoms with Crippen LogP contribution in [0.1, 0.15) is 10.4 Å². The first-order chi connectivity index (χ1) is 9.47. The van der Waals surface area contributed by atoms with E-state index in [4.69, 9.17) is 10.2 Å². The van der Waals surface area contributed by atoms with Crippen LogP contribution in [0, 0.1) is 0 Å². The molecule has 0 aliphatic carbocycles. The van der Waals surface area contributed by atoms with Gasteiger partial charge in [0, 0.05) is 24.5 Å². The number of rotatable bonds is 7. The van der Waals surface area contributed by atoms with Gasteiger partial charge in [-0.2, -0.15) is 0 Å². The molecule has 4 atom stereocenters. The highest BCUT2D eigenvalue weighted by atomic mass is 16.4. The molecule has 0 aliphatic heterocycles. The van der Waals surface area contributed by atoms with Crippen LogP contribution in [0.5, 0.6) is 0 Å². The van der Waals surface area contributed by atoms with Crippen LogP contribution in [-0.4, -0.2) is 74.0 Å². The first-order valence-corrected chi connectivity index (χ1v) is 5.98. The van der Waals surface area contributed by atoms with E-state index in [9.17, 15) is 20.1 Å². The summed E-state index contributed by atoms with van der Waals surface area (Å²) in [6.07, 6.45) is -3.61. The Morgan fingerprint density at radius 3 is 2.20 bits per heavy atom. The van der Waals surface area contributed by atoms with Gasteiger partial charge in [0.25, 0.3) is 5.91 Å². The highest BCUT2D eigenvalue weighted by Gasteiger charge is 2.30. The molecular formula is C12H18N2O6. The minimum Gasteiger partial charge on any atom is -0.394 e. The molecule has 1 aromatic rings. The molecule has 1 rings (SSSR count). The van der Waals surface area contributed by atoms with Gasteiger partial charge >= 0.3 is 0 Å². The van der Waals surface area contributed by atoms with Gasteiger partial charge in [-0.15, -0.1) is 0 Å². The van der Waals surface area contributed by atoms with Gasteiger partial charge in [0.15, 0.2) is 0 Å². The Balaban J connectivity index is 2.47. The van der Waals surface area contributed by atoms with Gasteiger partial charge in [-0.1, -0.05) is 0 Å². The van der Waals surface area contributed by atoms with E-state index in [0.717, 1.165) is 0 Å². The minimum atomic E-state index is -1.71. The molecule has 0 fully saturated rings. The Morgan fingerprint density at radius 1 is 1.10 bits per heavy atom. The van der Waals surface area contributed by atoms with Gasteiger partial charge in [0.1, 0.15) is 18.3 Å². The SMILES string of the molecule is O=C(NC[C@@H](O)[C@@H](O)[C@@H](O)[C@H](O)CO)c1ccncc1. The van der Waals surface area contributed by atoms with Crippen molar-refractivity contribution < 1.29 is 30.3 Å². The van der Waals surface area contributed by atoms with Crippen LogP contribution in [0.3, 0.4) is 0 Å². The van der Waals surface area contributed by atoms with E-state index >= 15 is 0 Å². The average molecular weight is 286 g/mol. The predicted molar refractivity (Wildman–Crippen MR) is 67.7 cm³/mol. The number of aliphatic hydroxyl groups is 5. The van der Waals surface area contributed by atoms with Crippen LogP contribution in [0.2, 0.25) is 0 Å². The lowest BCUT2D eigenvalue weighted by Crippen LogP contribution is -2.49. The summed E-state index contributed by atoms with van der Waals surface area (Å²) >= 11 is 0. The van der Waals surface area contributed by atoms with Gasteiger partial charge in [0.2, 0.25) is 0 Å². The van der Waals surface area contributed by atoms with Crippen LogP contribution < -0.4 is 5.32 Å². The molecule has 0 aliphatic rings. The first kappa shape index (κ1) is 16.5. The number of amides is 1. The number of carbonyl (C=O) groups excluding carboxylic acids is 1. The molecule has 0 unspecified atom stereocenters. The number of nitrogens with one attached hydrogen (secondary N) is 1. The number of hydrogen-bond donors (Lipinski definition) is 6. The van der Waals surface area contributed by atoms with Crippen molar-refractivity contribution in [3.05, 3.63) is 30.1 Å². The topological polar surface area (TPSA) is 143 Å². The molecule has 8 nitrogen and oxygen atoms in total. The van der Waals surface area contributed by atoms with Crippen molar-refractivity contribution in [1.29, 1.82) is 0 Å². The van der Waals surface area contributed by atoms with Crippen molar-refractivity contribution in [2.24, 2.45) is 0 Å².